The Kier molecular flexibility index (Phi) is 3.47. The van der Waals surface area contributed by atoms with Gasteiger partial charge in [0.1, 0.15) is 17.4 Å². The van der Waals surface area contributed by atoms with E-state index in [9.17, 15) is 0 Å². The van der Waals surface area contributed by atoms with Crippen molar-refractivity contribution in [3.8, 4) is 6.07 Å². The Labute approximate surface area is 134 Å². The molecule has 1 aliphatic carbocycles. The van der Waals surface area contributed by atoms with E-state index in [1.54, 1.807) is 6.20 Å². The van der Waals surface area contributed by atoms with E-state index in [4.69, 9.17) is 5.26 Å². The second-order valence-electron chi connectivity index (χ2n) is 6.24. The van der Waals surface area contributed by atoms with Gasteiger partial charge in [-0.1, -0.05) is 6.92 Å². The highest BCUT2D eigenvalue weighted by atomic mass is 14.9. The zero-order chi connectivity index (χ0) is 15.8. The minimum atomic E-state index is 0.449. The van der Waals surface area contributed by atoms with Crippen LogP contribution in [0.2, 0.25) is 0 Å². The van der Waals surface area contributed by atoms with E-state index < -0.39 is 0 Å². The van der Waals surface area contributed by atoms with Crippen molar-refractivity contribution in [2.24, 2.45) is 0 Å². The van der Waals surface area contributed by atoms with Gasteiger partial charge in [0, 0.05) is 23.0 Å². The molecule has 5 nitrogen and oxygen atoms in total. The summed E-state index contributed by atoms with van der Waals surface area (Å²) in [5.41, 5.74) is 3.63. The first kappa shape index (κ1) is 14.2. The Hall–Kier alpha value is -2.45. The monoisotopic (exact) mass is 305 g/mol. The van der Waals surface area contributed by atoms with E-state index in [-0.39, 0.29) is 0 Å². The molecule has 116 valence electrons. The van der Waals surface area contributed by atoms with Crippen LogP contribution in [0.1, 0.15) is 43.4 Å². The summed E-state index contributed by atoms with van der Waals surface area (Å²) in [5.74, 6) is 0.544. The average Bonchev–Trinajstić information content (AvgIpc) is 3.18. The fraction of sp³-hybridized carbons (Fsp3) is 0.389. The van der Waals surface area contributed by atoms with Gasteiger partial charge in [0.05, 0.1) is 11.7 Å². The van der Waals surface area contributed by atoms with Crippen molar-refractivity contribution in [2.45, 2.75) is 38.1 Å². The van der Waals surface area contributed by atoms with E-state index in [2.05, 4.69) is 39.3 Å². The Morgan fingerprint density at radius 3 is 3.13 bits per heavy atom. The number of pyridine rings is 2. The normalized spacial score (nSPS) is 21.0. The molecule has 0 bridgehead atoms. The third-order valence-corrected chi connectivity index (χ3v) is 4.89. The summed E-state index contributed by atoms with van der Waals surface area (Å²) < 4.78 is 0. The smallest absolute Gasteiger partial charge is 0.141 e. The SMILES string of the molecule is CCN[C@H]1CCC(c2ccnc3[nH]c4cnc(C#N)cc4c23)C1. The lowest BCUT2D eigenvalue weighted by Crippen LogP contribution is -2.25. The molecule has 0 radical (unpaired) electrons. The van der Waals surface area contributed by atoms with E-state index >= 15 is 0 Å². The molecule has 3 aromatic rings. The first-order valence-electron chi connectivity index (χ1n) is 8.20. The highest BCUT2D eigenvalue weighted by molar-refractivity contribution is 6.07. The van der Waals surface area contributed by atoms with Gasteiger partial charge in [0.15, 0.2) is 0 Å². The number of fused-ring (bicyclic) bond motifs is 3. The number of nitrogens with zero attached hydrogens (tertiary/aromatic N) is 3. The Balaban J connectivity index is 1.85. The summed E-state index contributed by atoms with van der Waals surface area (Å²) in [6, 6.07) is 6.75. The van der Waals surface area contributed by atoms with Crippen LogP contribution in [0.25, 0.3) is 21.9 Å². The number of nitriles is 1. The van der Waals surface area contributed by atoms with Crippen LogP contribution in [0, 0.1) is 11.3 Å². The van der Waals surface area contributed by atoms with Crippen molar-refractivity contribution in [2.75, 3.05) is 6.54 Å². The Bertz CT molecular complexity index is 905. The summed E-state index contributed by atoms with van der Waals surface area (Å²) >= 11 is 0. The molecule has 0 saturated heterocycles. The third-order valence-electron chi connectivity index (χ3n) is 4.89. The molecule has 1 fully saturated rings. The van der Waals surface area contributed by atoms with Gasteiger partial charge in [-0.05, 0) is 49.4 Å². The highest BCUT2D eigenvalue weighted by Crippen LogP contribution is 2.39. The lowest BCUT2D eigenvalue weighted by atomic mass is 9.94. The summed E-state index contributed by atoms with van der Waals surface area (Å²) in [4.78, 5) is 12.0. The minimum absolute atomic E-state index is 0.449. The molecule has 0 aromatic carbocycles. The molecule has 3 aromatic heterocycles. The number of nitrogens with one attached hydrogen (secondary N) is 2. The fourth-order valence-corrected chi connectivity index (χ4v) is 3.88. The quantitative estimate of drug-likeness (QED) is 0.779. The maximum atomic E-state index is 9.13. The predicted molar refractivity (Wildman–Crippen MR) is 90.2 cm³/mol. The van der Waals surface area contributed by atoms with Crippen LogP contribution in [0.3, 0.4) is 0 Å². The predicted octanol–water partition coefficient (Wildman–Crippen LogP) is 3.23. The van der Waals surface area contributed by atoms with Crippen molar-refractivity contribution in [1.82, 2.24) is 20.3 Å². The zero-order valence-electron chi connectivity index (χ0n) is 13.1. The van der Waals surface area contributed by atoms with E-state index in [1.807, 2.05) is 12.3 Å². The molecule has 5 heteroatoms. The van der Waals surface area contributed by atoms with Crippen LogP contribution < -0.4 is 5.32 Å². The highest BCUT2D eigenvalue weighted by Gasteiger charge is 2.27. The van der Waals surface area contributed by atoms with Gasteiger partial charge in [-0.25, -0.2) is 9.97 Å². The molecule has 1 saturated carbocycles. The summed E-state index contributed by atoms with van der Waals surface area (Å²) in [7, 11) is 0. The molecule has 2 atom stereocenters. The minimum Gasteiger partial charge on any atom is -0.338 e. The van der Waals surface area contributed by atoms with E-state index in [0.29, 0.717) is 17.7 Å². The molecule has 0 spiro atoms. The van der Waals surface area contributed by atoms with Gasteiger partial charge >= 0.3 is 0 Å². The van der Waals surface area contributed by atoms with Crippen molar-refractivity contribution < 1.29 is 0 Å². The van der Waals surface area contributed by atoms with Gasteiger partial charge in [0.25, 0.3) is 0 Å². The van der Waals surface area contributed by atoms with E-state index in [1.165, 1.54) is 18.4 Å². The van der Waals surface area contributed by atoms with Crippen LogP contribution in [0.4, 0.5) is 0 Å². The Morgan fingerprint density at radius 2 is 2.30 bits per heavy atom. The maximum Gasteiger partial charge on any atom is 0.141 e. The molecule has 1 aliphatic rings. The lowest BCUT2D eigenvalue weighted by molar-refractivity contribution is 0.535. The van der Waals surface area contributed by atoms with E-state index in [0.717, 1.165) is 34.9 Å². The van der Waals surface area contributed by atoms with Crippen LogP contribution in [0.5, 0.6) is 0 Å². The fourth-order valence-electron chi connectivity index (χ4n) is 3.88. The molecule has 0 aliphatic heterocycles. The summed E-state index contributed by atoms with van der Waals surface area (Å²) in [5, 5.41) is 14.9. The summed E-state index contributed by atoms with van der Waals surface area (Å²) in [6.07, 6.45) is 7.19. The van der Waals surface area contributed by atoms with Gasteiger partial charge in [-0.3, -0.25) is 0 Å². The standard InChI is InChI=1S/C18H19N5/c1-2-20-12-4-3-11(7-12)14-5-6-21-18-17(14)15-8-13(9-19)22-10-16(15)23-18/h5-6,8,10-12,20H,2-4,7H2,1H3,(H,21,23)/t11?,12-/m0/s1. The number of hydrogen-bond donors (Lipinski definition) is 2. The zero-order valence-corrected chi connectivity index (χ0v) is 13.1. The topological polar surface area (TPSA) is 77.4 Å². The number of rotatable bonds is 3. The van der Waals surface area contributed by atoms with Crippen LogP contribution in [-0.4, -0.2) is 27.5 Å². The van der Waals surface area contributed by atoms with Crippen molar-refractivity contribution >= 4 is 21.9 Å². The third kappa shape index (κ3) is 2.36. The molecular weight excluding hydrogens is 286 g/mol. The number of hydrogen-bond acceptors (Lipinski definition) is 4. The molecule has 1 unspecified atom stereocenters. The first-order valence-corrected chi connectivity index (χ1v) is 8.20. The maximum absolute atomic E-state index is 9.13. The van der Waals surface area contributed by atoms with Crippen molar-refractivity contribution in [3.05, 3.63) is 35.8 Å². The molecule has 23 heavy (non-hydrogen) atoms. The largest absolute Gasteiger partial charge is 0.338 e. The molecule has 3 heterocycles. The molecule has 2 N–H and O–H groups in total. The van der Waals surface area contributed by atoms with Gasteiger partial charge in [-0.15, -0.1) is 0 Å². The number of aromatic amines is 1. The second kappa shape index (κ2) is 5.64. The second-order valence-corrected chi connectivity index (χ2v) is 6.24. The summed E-state index contributed by atoms with van der Waals surface area (Å²) in [6.45, 7) is 3.18. The van der Waals surface area contributed by atoms with Gasteiger partial charge in [-0.2, -0.15) is 5.26 Å². The van der Waals surface area contributed by atoms with Crippen LogP contribution >= 0.6 is 0 Å². The van der Waals surface area contributed by atoms with Crippen LogP contribution in [0.15, 0.2) is 24.5 Å². The van der Waals surface area contributed by atoms with Crippen molar-refractivity contribution in [3.63, 3.8) is 0 Å². The number of aromatic nitrogens is 3. The molecule has 0 amide bonds. The lowest BCUT2D eigenvalue weighted by Gasteiger charge is -2.13. The van der Waals surface area contributed by atoms with Crippen molar-refractivity contribution in [1.29, 1.82) is 5.26 Å². The van der Waals surface area contributed by atoms with Crippen LogP contribution in [-0.2, 0) is 0 Å². The van der Waals surface area contributed by atoms with Gasteiger partial charge in [0.2, 0.25) is 0 Å². The number of H-pyrrole nitrogens is 1. The average molecular weight is 305 g/mol. The molecule has 4 rings (SSSR count). The molecular formula is C18H19N5. The Morgan fingerprint density at radius 1 is 1.39 bits per heavy atom. The van der Waals surface area contributed by atoms with Gasteiger partial charge < -0.3 is 10.3 Å². The first-order chi connectivity index (χ1) is 11.3.